The van der Waals surface area contributed by atoms with E-state index in [0.717, 1.165) is 5.39 Å². The smallest absolute Gasteiger partial charge is 0.313 e. The molecule has 5 nitrogen and oxygen atoms in total. The van der Waals surface area contributed by atoms with E-state index in [1.807, 2.05) is 6.07 Å². The maximum atomic E-state index is 10.7. The summed E-state index contributed by atoms with van der Waals surface area (Å²) in [5.41, 5.74) is 0.670. The van der Waals surface area contributed by atoms with Crippen LogP contribution in [0.2, 0.25) is 0 Å². The molecule has 0 aliphatic heterocycles. The molecule has 0 amide bonds. The molecule has 0 saturated heterocycles. The van der Waals surface area contributed by atoms with Crippen LogP contribution in [-0.4, -0.2) is 26.0 Å². The average molecular weight is 191 g/mol. The number of hydrogen-bond acceptors (Lipinski definition) is 3. The minimum absolute atomic E-state index is 0.326. The van der Waals surface area contributed by atoms with E-state index < -0.39 is 11.9 Å². The number of carbonyl (C=O) groups is 1. The average Bonchev–Trinajstić information content (AvgIpc) is 2.62. The number of nitrogens with zero attached hydrogens (tertiary/aromatic N) is 2. The zero-order valence-corrected chi connectivity index (χ0v) is 7.56. The van der Waals surface area contributed by atoms with Gasteiger partial charge in [0.15, 0.2) is 0 Å². The highest BCUT2D eigenvalue weighted by Gasteiger charge is 2.16. The van der Waals surface area contributed by atoms with E-state index in [4.69, 9.17) is 5.11 Å². The highest BCUT2D eigenvalue weighted by atomic mass is 16.4. The van der Waals surface area contributed by atoms with Gasteiger partial charge in [0.2, 0.25) is 0 Å². The number of aromatic nitrogens is 3. The first-order valence-corrected chi connectivity index (χ1v) is 4.21. The molecule has 5 heteroatoms. The Morgan fingerprint density at radius 3 is 3.14 bits per heavy atom. The first kappa shape index (κ1) is 8.68. The molecule has 2 heterocycles. The van der Waals surface area contributed by atoms with Gasteiger partial charge >= 0.3 is 5.97 Å². The van der Waals surface area contributed by atoms with Gasteiger partial charge in [-0.25, -0.2) is 9.97 Å². The molecule has 0 radical (unpaired) electrons. The molecule has 72 valence electrons. The van der Waals surface area contributed by atoms with Gasteiger partial charge < -0.3 is 10.1 Å². The number of aromatic amines is 1. The van der Waals surface area contributed by atoms with Gasteiger partial charge in [0.05, 0.1) is 0 Å². The normalized spacial score (nSPS) is 12.9. The van der Waals surface area contributed by atoms with Crippen molar-refractivity contribution >= 4 is 17.0 Å². The lowest BCUT2D eigenvalue weighted by atomic mass is 10.2. The number of fused-ring (bicyclic) bond motifs is 1. The van der Waals surface area contributed by atoms with Crippen molar-refractivity contribution in [3.63, 3.8) is 0 Å². The van der Waals surface area contributed by atoms with E-state index in [1.165, 1.54) is 0 Å². The largest absolute Gasteiger partial charge is 0.481 e. The molecule has 2 N–H and O–H groups in total. The summed E-state index contributed by atoms with van der Waals surface area (Å²) >= 11 is 0. The Bertz CT molecular complexity index is 478. The Balaban J connectivity index is 2.48. The van der Waals surface area contributed by atoms with Crippen molar-refractivity contribution in [1.82, 2.24) is 15.0 Å². The molecule has 0 spiro atoms. The molecular formula is C9H9N3O2. The molecule has 1 atom stereocenters. The van der Waals surface area contributed by atoms with E-state index in [1.54, 1.807) is 19.3 Å². The van der Waals surface area contributed by atoms with Crippen molar-refractivity contribution < 1.29 is 9.90 Å². The van der Waals surface area contributed by atoms with Gasteiger partial charge in [-0.1, -0.05) is 0 Å². The van der Waals surface area contributed by atoms with Gasteiger partial charge in [0, 0.05) is 17.8 Å². The Kier molecular flexibility index (Phi) is 1.92. The second-order valence-electron chi connectivity index (χ2n) is 3.07. The summed E-state index contributed by atoms with van der Waals surface area (Å²) in [5.74, 6) is -1.27. The SMILES string of the molecule is CC(C(=O)O)c1ncc2cc[nH]c2n1. The number of carboxylic acid groups (broad SMARTS) is 1. The number of aliphatic carboxylic acids is 1. The van der Waals surface area contributed by atoms with E-state index >= 15 is 0 Å². The fraction of sp³-hybridized carbons (Fsp3) is 0.222. The van der Waals surface area contributed by atoms with Gasteiger partial charge in [-0.05, 0) is 13.0 Å². The number of carboxylic acids is 1. The predicted molar refractivity (Wildman–Crippen MR) is 49.9 cm³/mol. The Hall–Kier alpha value is -1.91. The fourth-order valence-electron chi connectivity index (χ4n) is 1.17. The number of rotatable bonds is 2. The van der Waals surface area contributed by atoms with Crippen molar-refractivity contribution in [1.29, 1.82) is 0 Å². The first-order chi connectivity index (χ1) is 6.68. The Morgan fingerprint density at radius 2 is 2.43 bits per heavy atom. The van der Waals surface area contributed by atoms with E-state index in [2.05, 4.69) is 15.0 Å². The molecule has 0 fully saturated rings. The molecule has 0 saturated carbocycles. The third-order valence-electron chi connectivity index (χ3n) is 2.08. The van der Waals surface area contributed by atoms with Gasteiger partial charge in [-0.3, -0.25) is 4.79 Å². The van der Waals surface area contributed by atoms with Crippen LogP contribution in [0, 0.1) is 0 Å². The van der Waals surface area contributed by atoms with Crippen LogP contribution in [0.4, 0.5) is 0 Å². The number of H-pyrrole nitrogens is 1. The van der Waals surface area contributed by atoms with E-state index in [9.17, 15) is 4.79 Å². The standard InChI is InChI=1S/C9H9N3O2/c1-5(9(13)14)7-11-4-6-2-3-10-8(6)12-7/h2-5H,1H3,(H,13,14)(H,10,11,12). The summed E-state index contributed by atoms with van der Waals surface area (Å²) in [6.07, 6.45) is 3.36. The Morgan fingerprint density at radius 1 is 1.64 bits per heavy atom. The highest BCUT2D eigenvalue weighted by molar-refractivity contribution is 5.77. The van der Waals surface area contributed by atoms with Crippen LogP contribution in [-0.2, 0) is 4.79 Å². The highest BCUT2D eigenvalue weighted by Crippen LogP contribution is 2.14. The summed E-state index contributed by atoms with van der Waals surface area (Å²) in [7, 11) is 0. The Labute approximate surface area is 79.8 Å². The van der Waals surface area contributed by atoms with Crippen molar-refractivity contribution in [3.05, 3.63) is 24.3 Å². The lowest BCUT2D eigenvalue weighted by Gasteiger charge is -2.03. The fourth-order valence-corrected chi connectivity index (χ4v) is 1.17. The van der Waals surface area contributed by atoms with E-state index in [-0.39, 0.29) is 0 Å². The molecule has 0 aliphatic rings. The second-order valence-corrected chi connectivity index (χ2v) is 3.07. The lowest BCUT2D eigenvalue weighted by Crippen LogP contribution is -2.11. The summed E-state index contributed by atoms with van der Waals surface area (Å²) < 4.78 is 0. The van der Waals surface area contributed by atoms with Crippen LogP contribution < -0.4 is 0 Å². The topological polar surface area (TPSA) is 78.9 Å². The molecule has 1 unspecified atom stereocenters. The summed E-state index contributed by atoms with van der Waals surface area (Å²) in [5, 5.41) is 9.65. The third-order valence-corrected chi connectivity index (χ3v) is 2.08. The minimum atomic E-state index is -0.920. The maximum Gasteiger partial charge on any atom is 0.313 e. The molecule has 0 aliphatic carbocycles. The molecule has 0 bridgehead atoms. The van der Waals surface area contributed by atoms with Crippen LogP contribution in [0.5, 0.6) is 0 Å². The summed E-state index contributed by atoms with van der Waals surface area (Å²) in [4.78, 5) is 21.7. The zero-order chi connectivity index (χ0) is 10.1. The summed E-state index contributed by atoms with van der Waals surface area (Å²) in [6.45, 7) is 1.56. The van der Waals surface area contributed by atoms with Gasteiger partial charge in [-0.15, -0.1) is 0 Å². The van der Waals surface area contributed by atoms with Crippen LogP contribution >= 0.6 is 0 Å². The van der Waals surface area contributed by atoms with Crippen molar-refractivity contribution in [3.8, 4) is 0 Å². The van der Waals surface area contributed by atoms with Crippen LogP contribution in [0.25, 0.3) is 11.0 Å². The van der Waals surface area contributed by atoms with Gasteiger partial charge in [0.25, 0.3) is 0 Å². The monoisotopic (exact) mass is 191 g/mol. The van der Waals surface area contributed by atoms with Crippen molar-refractivity contribution in [2.75, 3.05) is 0 Å². The molecule has 2 rings (SSSR count). The number of nitrogens with one attached hydrogen (secondary N) is 1. The minimum Gasteiger partial charge on any atom is -0.481 e. The first-order valence-electron chi connectivity index (χ1n) is 4.21. The van der Waals surface area contributed by atoms with Crippen molar-refractivity contribution in [2.45, 2.75) is 12.8 Å². The number of hydrogen-bond donors (Lipinski definition) is 2. The van der Waals surface area contributed by atoms with Gasteiger partial charge in [0.1, 0.15) is 17.4 Å². The lowest BCUT2D eigenvalue weighted by molar-refractivity contribution is -0.138. The van der Waals surface area contributed by atoms with Gasteiger partial charge in [-0.2, -0.15) is 0 Å². The predicted octanol–water partition coefficient (Wildman–Crippen LogP) is 1.15. The molecular weight excluding hydrogens is 182 g/mol. The van der Waals surface area contributed by atoms with E-state index in [0.29, 0.717) is 11.5 Å². The molecule has 2 aromatic rings. The van der Waals surface area contributed by atoms with Crippen molar-refractivity contribution in [2.24, 2.45) is 0 Å². The third kappa shape index (κ3) is 1.32. The quantitative estimate of drug-likeness (QED) is 0.746. The molecule has 2 aromatic heterocycles. The second kappa shape index (κ2) is 3.10. The molecule has 14 heavy (non-hydrogen) atoms. The summed E-state index contributed by atoms with van der Waals surface area (Å²) in [6, 6.07) is 1.84. The van der Waals surface area contributed by atoms with Crippen LogP contribution in [0.1, 0.15) is 18.7 Å². The maximum absolute atomic E-state index is 10.7. The zero-order valence-electron chi connectivity index (χ0n) is 7.56. The van der Waals surface area contributed by atoms with Crippen LogP contribution in [0.15, 0.2) is 18.5 Å². The van der Waals surface area contributed by atoms with Crippen LogP contribution in [0.3, 0.4) is 0 Å². The molecule has 0 aromatic carbocycles.